The van der Waals surface area contributed by atoms with Crippen molar-refractivity contribution in [2.75, 3.05) is 19.0 Å². The van der Waals surface area contributed by atoms with E-state index in [0.29, 0.717) is 18.2 Å². The molecular weight excluding hydrogens is 218 g/mol. The fourth-order valence-corrected chi connectivity index (χ4v) is 1.55. The molecule has 0 aromatic heterocycles. The quantitative estimate of drug-likeness (QED) is 0.873. The van der Waals surface area contributed by atoms with Crippen molar-refractivity contribution in [2.24, 2.45) is 0 Å². The smallest absolute Gasteiger partial charge is 0.411 e. The summed E-state index contributed by atoms with van der Waals surface area (Å²) in [5.41, 5.74) is 1.77. The minimum atomic E-state index is -0.438. The summed E-state index contributed by atoms with van der Waals surface area (Å²) in [5.74, 6) is 1.16. The third-order valence-electron chi connectivity index (χ3n) is 2.37. The molecule has 0 saturated heterocycles. The molecule has 1 aromatic carbocycles. The molecule has 4 nitrogen and oxygen atoms in total. The average Bonchev–Trinajstić information content (AvgIpc) is 2.29. The van der Waals surface area contributed by atoms with E-state index in [-0.39, 0.29) is 0 Å². The highest BCUT2D eigenvalue weighted by Gasteiger charge is 2.09. The highest BCUT2D eigenvalue weighted by atomic mass is 16.5. The van der Waals surface area contributed by atoms with Gasteiger partial charge in [0.2, 0.25) is 0 Å². The van der Waals surface area contributed by atoms with Crippen LogP contribution in [0, 0.1) is 0 Å². The number of ether oxygens (including phenoxy) is 2. The van der Waals surface area contributed by atoms with Gasteiger partial charge in [0.05, 0.1) is 13.7 Å². The minimum Gasteiger partial charge on any atom is -0.496 e. The summed E-state index contributed by atoms with van der Waals surface area (Å²) >= 11 is 0. The van der Waals surface area contributed by atoms with E-state index in [4.69, 9.17) is 9.47 Å². The van der Waals surface area contributed by atoms with Gasteiger partial charge in [0.15, 0.2) is 0 Å². The fraction of sp³-hybridized carbons (Fsp3) is 0.462. The Kier molecular flexibility index (Phi) is 4.82. The second-order valence-corrected chi connectivity index (χ2v) is 3.96. The molecule has 0 aliphatic rings. The van der Waals surface area contributed by atoms with Gasteiger partial charge in [-0.05, 0) is 36.6 Å². The van der Waals surface area contributed by atoms with E-state index in [9.17, 15) is 4.79 Å². The normalized spacial score (nSPS) is 10.2. The fourth-order valence-electron chi connectivity index (χ4n) is 1.55. The van der Waals surface area contributed by atoms with E-state index in [0.717, 1.165) is 11.3 Å². The summed E-state index contributed by atoms with van der Waals surface area (Å²) in [7, 11) is 1.64. The molecule has 1 N–H and O–H groups in total. The Morgan fingerprint density at radius 1 is 1.41 bits per heavy atom. The van der Waals surface area contributed by atoms with Crippen LogP contribution in [0.5, 0.6) is 5.75 Å². The second kappa shape index (κ2) is 6.13. The lowest BCUT2D eigenvalue weighted by molar-refractivity contribution is 0.168. The molecule has 0 fully saturated rings. The predicted octanol–water partition coefficient (Wildman–Crippen LogP) is 3.39. The number of carbonyl (C=O) groups is 1. The lowest BCUT2D eigenvalue weighted by atomic mass is 10.0. The standard InChI is InChI=1S/C13H19NO3/c1-5-17-13(15)14-10-6-7-12(16-4)11(8-10)9(2)3/h6-9H,5H2,1-4H3,(H,14,15). The SMILES string of the molecule is CCOC(=O)Nc1ccc(OC)c(C(C)C)c1. The molecule has 17 heavy (non-hydrogen) atoms. The summed E-state index contributed by atoms with van der Waals surface area (Å²) in [4.78, 5) is 11.3. The van der Waals surface area contributed by atoms with E-state index in [1.165, 1.54) is 0 Å². The zero-order valence-electron chi connectivity index (χ0n) is 10.7. The monoisotopic (exact) mass is 237 g/mol. The molecule has 0 unspecified atom stereocenters. The topological polar surface area (TPSA) is 47.6 Å². The Labute approximate surface area is 102 Å². The second-order valence-electron chi connectivity index (χ2n) is 3.96. The molecule has 1 amide bonds. The summed E-state index contributed by atoms with van der Waals surface area (Å²) < 4.78 is 10.1. The molecule has 0 aliphatic carbocycles. The van der Waals surface area contributed by atoms with Crippen LogP contribution in [0.4, 0.5) is 10.5 Å². The van der Waals surface area contributed by atoms with Gasteiger partial charge in [-0.3, -0.25) is 5.32 Å². The molecule has 4 heteroatoms. The number of rotatable bonds is 4. The largest absolute Gasteiger partial charge is 0.496 e. The van der Waals surface area contributed by atoms with E-state index in [1.54, 1.807) is 20.1 Å². The van der Waals surface area contributed by atoms with Gasteiger partial charge < -0.3 is 9.47 Å². The molecule has 94 valence electrons. The zero-order valence-corrected chi connectivity index (χ0v) is 10.7. The number of hydrogen-bond donors (Lipinski definition) is 1. The van der Waals surface area contributed by atoms with Crippen LogP contribution >= 0.6 is 0 Å². The minimum absolute atomic E-state index is 0.328. The van der Waals surface area contributed by atoms with Crippen LogP contribution in [-0.2, 0) is 4.74 Å². The van der Waals surface area contributed by atoms with Gasteiger partial charge in [-0.2, -0.15) is 0 Å². The number of benzene rings is 1. The van der Waals surface area contributed by atoms with Crippen LogP contribution in [0.3, 0.4) is 0 Å². The molecule has 0 spiro atoms. The van der Waals surface area contributed by atoms with E-state index < -0.39 is 6.09 Å². The maximum atomic E-state index is 11.3. The van der Waals surface area contributed by atoms with Crippen molar-refractivity contribution in [3.05, 3.63) is 23.8 Å². The van der Waals surface area contributed by atoms with Crippen molar-refractivity contribution < 1.29 is 14.3 Å². The van der Waals surface area contributed by atoms with Crippen LogP contribution in [0.15, 0.2) is 18.2 Å². The number of amides is 1. The predicted molar refractivity (Wildman–Crippen MR) is 67.7 cm³/mol. The lowest BCUT2D eigenvalue weighted by Gasteiger charge is -2.13. The maximum absolute atomic E-state index is 11.3. The highest BCUT2D eigenvalue weighted by Crippen LogP contribution is 2.29. The Bertz CT molecular complexity index is 388. The number of methoxy groups -OCH3 is 1. The molecule has 0 heterocycles. The summed E-state index contributed by atoms with van der Waals surface area (Å²) in [6.07, 6.45) is -0.438. The zero-order chi connectivity index (χ0) is 12.8. The third-order valence-corrected chi connectivity index (χ3v) is 2.37. The molecule has 0 aliphatic heterocycles. The Hall–Kier alpha value is -1.71. The Morgan fingerprint density at radius 3 is 2.65 bits per heavy atom. The first-order valence-corrected chi connectivity index (χ1v) is 5.70. The van der Waals surface area contributed by atoms with Crippen molar-refractivity contribution in [1.29, 1.82) is 0 Å². The molecule has 0 bridgehead atoms. The van der Waals surface area contributed by atoms with Crippen molar-refractivity contribution >= 4 is 11.8 Å². The van der Waals surface area contributed by atoms with E-state index >= 15 is 0 Å². The molecule has 0 saturated carbocycles. The first-order valence-electron chi connectivity index (χ1n) is 5.70. The summed E-state index contributed by atoms with van der Waals surface area (Å²) in [5, 5.41) is 2.67. The molecular formula is C13H19NO3. The van der Waals surface area contributed by atoms with Gasteiger partial charge in [0.1, 0.15) is 5.75 Å². The molecule has 0 radical (unpaired) electrons. The van der Waals surface area contributed by atoms with E-state index in [2.05, 4.69) is 19.2 Å². The van der Waals surface area contributed by atoms with Crippen LogP contribution in [0.25, 0.3) is 0 Å². The average molecular weight is 237 g/mol. The van der Waals surface area contributed by atoms with E-state index in [1.807, 2.05) is 12.1 Å². The molecule has 1 aromatic rings. The molecule has 0 atom stereocenters. The van der Waals surface area contributed by atoms with Crippen LogP contribution in [0.2, 0.25) is 0 Å². The van der Waals surface area contributed by atoms with Crippen molar-refractivity contribution in [3.8, 4) is 5.75 Å². The highest BCUT2D eigenvalue weighted by molar-refractivity contribution is 5.84. The van der Waals surface area contributed by atoms with Gasteiger partial charge in [0.25, 0.3) is 0 Å². The van der Waals surface area contributed by atoms with Gasteiger partial charge in [-0.25, -0.2) is 4.79 Å². The van der Waals surface area contributed by atoms with Crippen molar-refractivity contribution in [3.63, 3.8) is 0 Å². The number of carbonyl (C=O) groups excluding carboxylic acids is 1. The van der Waals surface area contributed by atoms with Gasteiger partial charge in [0, 0.05) is 5.69 Å². The Morgan fingerprint density at radius 2 is 2.12 bits per heavy atom. The number of hydrogen-bond acceptors (Lipinski definition) is 3. The van der Waals surface area contributed by atoms with Gasteiger partial charge in [-0.15, -0.1) is 0 Å². The number of anilines is 1. The third kappa shape index (κ3) is 3.66. The maximum Gasteiger partial charge on any atom is 0.411 e. The first-order chi connectivity index (χ1) is 8.08. The van der Waals surface area contributed by atoms with Crippen LogP contribution in [0.1, 0.15) is 32.3 Å². The van der Waals surface area contributed by atoms with Crippen LogP contribution < -0.4 is 10.1 Å². The van der Waals surface area contributed by atoms with Gasteiger partial charge in [-0.1, -0.05) is 13.8 Å². The van der Waals surface area contributed by atoms with Gasteiger partial charge >= 0.3 is 6.09 Å². The Balaban J connectivity index is 2.88. The summed E-state index contributed by atoms with van der Waals surface area (Å²) in [6, 6.07) is 5.54. The first kappa shape index (κ1) is 13.4. The van der Waals surface area contributed by atoms with Crippen molar-refractivity contribution in [1.82, 2.24) is 0 Å². The number of nitrogens with one attached hydrogen (secondary N) is 1. The summed E-state index contributed by atoms with van der Waals surface area (Å²) in [6.45, 7) is 6.28. The van der Waals surface area contributed by atoms with Crippen LogP contribution in [-0.4, -0.2) is 19.8 Å². The van der Waals surface area contributed by atoms with Crippen molar-refractivity contribution in [2.45, 2.75) is 26.7 Å². The molecule has 1 rings (SSSR count). The lowest BCUT2D eigenvalue weighted by Crippen LogP contribution is -2.13.